The lowest BCUT2D eigenvalue weighted by Gasteiger charge is -2.20. The number of amides is 1. The number of pyridine rings is 1. The number of nitrogens with zero attached hydrogens (tertiary/aromatic N) is 1. The van der Waals surface area contributed by atoms with Crippen LogP contribution < -0.4 is 5.73 Å². The van der Waals surface area contributed by atoms with E-state index in [1.165, 1.54) is 6.92 Å². The third-order valence-corrected chi connectivity index (χ3v) is 4.06. The molecule has 0 fully saturated rings. The Labute approximate surface area is 128 Å². The van der Waals surface area contributed by atoms with E-state index in [0.717, 1.165) is 47.8 Å². The summed E-state index contributed by atoms with van der Waals surface area (Å²) in [5, 5.41) is 0.768. The summed E-state index contributed by atoms with van der Waals surface area (Å²) in [5.41, 5.74) is 8.41. The fourth-order valence-electron chi connectivity index (χ4n) is 2.88. The highest BCUT2D eigenvalue weighted by Gasteiger charge is 2.25. The second-order valence-electron chi connectivity index (χ2n) is 5.59. The van der Waals surface area contributed by atoms with Gasteiger partial charge < -0.3 is 10.5 Å². The highest BCUT2D eigenvalue weighted by atomic mass is 16.5. The molecule has 1 aromatic heterocycles. The largest absolute Gasteiger partial charge is 0.449 e. The van der Waals surface area contributed by atoms with Crippen molar-refractivity contribution in [2.24, 2.45) is 5.73 Å². The number of hydrogen-bond acceptors (Lipinski definition) is 4. The van der Waals surface area contributed by atoms with Crippen LogP contribution in [0.2, 0.25) is 0 Å². The Morgan fingerprint density at radius 3 is 2.73 bits per heavy atom. The molecule has 1 aliphatic carbocycles. The molecule has 114 valence electrons. The summed E-state index contributed by atoms with van der Waals surface area (Å²) in [4.78, 5) is 28.4. The van der Waals surface area contributed by atoms with Crippen molar-refractivity contribution in [3.8, 4) is 0 Å². The minimum absolute atomic E-state index is 0.497. The molecule has 0 spiro atoms. The van der Waals surface area contributed by atoms with Crippen LogP contribution in [0, 0.1) is 0 Å². The Kier molecular flexibility index (Phi) is 3.79. The van der Waals surface area contributed by atoms with Crippen molar-refractivity contribution in [3.63, 3.8) is 0 Å². The van der Waals surface area contributed by atoms with Gasteiger partial charge in [0, 0.05) is 11.1 Å². The zero-order chi connectivity index (χ0) is 15.7. The maximum Gasteiger partial charge on any atom is 0.339 e. The molecule has 0 saturated heterocycles. The average Bonchev–Trinajstić information content (AvgIpc) is 2.52. The summed E-state index contributed by atoms with van der Waals surface area (Å²) >= 11 is 0. The van der Waals surface area contributed by atoms with Crippen molar-refractivity contribution in [3.05, 3.63) is 41.1 Å². The van der Waals surface area contributed by atoms with Crippen LogP contribution in [0.4, 0.5) is 0 Å². The number of carbonyl (C=O) groups is 2. The number of benzene rings is 1. The molecular weight excluding hydrogens is 280 g/mol. The number of ether oxygens (including phenoxy) is 1. The van der Waals surface area contributed by atoms with Crippen LogP contribution in [-0.4, -0.2) is 23.0 Å². The van der Waals surface area contributed by atoms with Gasteiger partial charge >= 0.3 is 5.97 Å². The standard InChI is InChI=1S/C17H18N2O3/c1-10(16(18)20)22-17(21)15-11-6-2-4-8-13(11)19-14-9-5-3-7-12(14)15/h2,4,6,8,10H,3,5,7,9H2,1H3,(H2,18,20). The highest BCUT2D eigenvalue weighted by molar-refractivity contribution is 6.05. The van der Waals surface area contributed by atoms with Crippen molar-refractivity contribution in [1.29, 1.82) is 0 Å². The monoisotopic (exact) mass is 298 g/mol. The van der Waals surface area contributed by atoms with Crippen LogP contribution in [0.5, 0.6) is 0 Å². The number of esters is 1. The summed E-state index contributed by atoms with van der Waals surface area (Å²) in [5.74, 6) is -1.15. The molecule has 3 rings (SSSR count). The number of primary amides is 1. The predicted octanol–water partition coefficient (Wildman–Crippen LogP) is 2.14. The van der Waals surface area contributed by atoms with Crippen LogP contribution in [0.25, 0.3) is 10.9 Å². The van der Waals surface area contributed by atoms with Gasteiger partial charge in [-0.25, -0.2) is 4.79 Å². The molecule has 0 bridgehead atoms. The Balaban J connectivity index is 2.13. The van der Waals surface area contributed by atoms with Crippen LogP contribution in [0.3, 0.4) is 0 Å². The minimum atomic E-state index is -0.946. The molecule has 1 aromatic carbocycles. The fourth-order valence-corrected chi connectivity index (χ4v) is 2.88. The molecular formula is C17H18N2O3. The molecule has 2 aromatic rings. The summed E-state index contributed by atoms with van der Waals surface area (Å²) < 4.78 is 5.23. The molecule has 2 N–H and O–H groups in total. The van der Waals surface area contributed by atoms with Crippen LogP contribution in [0.15, 0.2) is 24.3 Å². The Bertz CT molecular complexity index is 755. The summed E-state index contributed by atoms with van der Waals surface area (Å²) in [6.07, 6.45) is 2.83. The van der Waals surface area contributed by atoms with E-state index < -0.39 is 18.0 Å². The average molecular weight is 298 g/mol. The normalized spacial score (nSPS) is 15.1. The maximum absolute atomic E-state index is 12.6. The number of nitrogens with two attached hydrogens (primary N) is 1. The van der Waals surface area contributed by atoms with E-state index in [2.05, 4.69) is 4.98 Å². The first-order chi connectivity index (χ1) is 10.6. The minimum Gasteiger partial charge on any atom is -0.449 e. The SMILES string of the molecule is CC(OC(=O)c1c2c(nc3ccccc13)CCCC2)C(N)=O. The molecule has 1 unspecified atom stereocenters. The first-order valence-corrected chi connectivity index (χ1v) is 7.48. The first kappa shape index (κ1) is 14.5. The zero-order valence-corrected chi connectivity index (χ0v) is 12.5. The maximum atomic E-state index is 12.6. The van der Waals surface area contributed by atoms with Gasteiger partial charge in [-0.1, -0.05) is 18.2 Å². The number of fused-ring (bicyclic) bond motifs is 2. The van der Waals surface area contributed by atoms with Crippen molar-refractivity contribution in [1.82, 2.24) is 4.98 Å². The third kappa shape index (κ3) is 2.54. The zero-order valence-electron chi connectivity index (χ0n) is 12.5. The molecule has 0 saturated carbocycles. The fraction of sp³-hybridized carbons (Fsp3) is 0.353. The second kappa shape index (κ2) is 5.75. The highest BCUT2D eigenvalue weighted by Crippen LogP contribution is 2.29. The number of aryl methyl sites for hydroxylation is 1. The van der Waals surface area contributed by atoms with E-state index in [-0.39, 0.29) is 0 Å². The van der Waals surface area contributed by atoms with Gasteiger partial charge in [0.15, 0.2) is 6.10 Å². The van der Waals surface area contributed by atoms with Gasteiger partial charge in [-0.2, -0.15) is 0 Å². The van der Waals surface area contributed by atoms with Crippen molar-refractivity contribution in [2.45, 2.75) is 38.7 Å². The molecule has 1 amide bonds. The molecule has 0 aliphatic heterocycles. The van der Waals surface area contributed by atoms with Crippen LogP contribution in [0.1, 0.15) is 41.4 Å². The van der Waals surface area contributed by atoms with E-state index in [0.29, 0.717) is 5.56 Å². The number of carbonyl (C=O) groups excluding carboxylic acids is 2. The van der Waals surface area contributed by atoms with Crippen molar-refractivity contribution < 1.29 is 14.3 Å². The number of hydrogen-bond donors (Lipinski definition) is 1. The number of rotatable bonds is 3. The van der Waals surface area contributed by atoms with E-state index >= 15 is 0 Å². The van der Waals surface area contributed by atoms with Gasteiger partial charge in [-0.3, -0.25) is 9.78 Å². The van der Waals surface area contributed by atoms with Gasteiger partial charge in [-0.05, 0) is 44.2 Å². The van der Waals surface area contributed by atoms with E-state index in [9.17, 15) is 9.59 Å². The van der Waals surface area contributed by atoms with Gasteiger partial charge in [0.25, 0.3) is 5.91 Å². The Morgan fingerprint density at radius 1 is 1.23 bits per heavy atom. The van der Waals surface area contributed by atoms with E-state index in [1.54, 1.807) is 0 Å². The quantitative estimate of drug-likeness (QED) is 0.880. The van der Waals surface area contributed by atoms with Crippen LogP contribution >= 0.6 is 0 Å². The summed E-state index contributed by atoms with van der Waals surface area (Å²) in [6, 6.07) is 7.51. The third-order valence-electron chi connectivity index (χ3n) is 4.06. The molecule has 1 aliphatic rings. The van der Waals surface area contributed by atoms with E-state index in [4.69, 9.17) is 10.5 Å². The Hall–Kier alpha value is -2.43. The van der Waals surface area contributed by atoms with Crippen molar-refractivity contribution in [2.75, 3.05) is 0 Å². The molecule has 5 heteroatoms. The molecule has 22 heavy (non-hydrogen) atoms. The van der Waals surface area contributed by atoms with Gasteiger partial charge in [0.2, 0.25) is 0 Å². The number of aromatic nitrogens is 1. The molecule has 0 radical (unpaired) electrons. The predicted molar refractivity (Wildman–Crippen MR) is 82.5 cm³/mol. The summed E-state index contributed by atoms with van der Waals surface area (Å²) in [6.45, 7) is 1.48. The van der Waals surface area contributed by atoms with Gasteiger partial charge in [-0.15, -0.1) is 0 Å². The first-order valence-electron chi connectivity index (χ1n) is 7.48. The molecule has 5 nitrogen and oxygen atoms in total. The van der Waals surface area contributed by atoms with Gasteiger partial charge in [0.05, 0.1) is 11.1 Å². The molecule has 1 atom stereocenters. The van der Waals surface area contributed by atoms with Gasteiger partial charge in [0.1, 0.15) is 0 Å². The molecule has 1 heterocycles. The van der Waals surface area contributed by atoms with Crippen molar-refractivity contribution >= 4 is 22.8 Å². The Morgan fingerprint density at radius 2 is 1.95 bits per heavy atom. The number of para-hydroxylation sites is 1. The lowest BCUT2D eigenvalue weighted by Crippen LogP contribution is -2.31. The van der Waals surface area contributed by atoms with E-state index in [1.807, 2.05) is 24.3 Å². The van der Waals surface area contributed by atoms with Crippen LogP contribution in [-0.2, 0) is 22.4 Å². The lowest BCUT2D eigenvalue weighted by molar-refractivity contribution is -0.125. The smallest absolute Gasteiger partial charge is 0.339 e. The second-order valence-corrected chi connectivity index (χ2v) is 5.59. The summed E-state index contributed by atoms with van der Waals surface area (Å²) in [7, 11) is 0. The lowest BCUT2D eigenvalue weighted by atomic mass is 9.90. The topological polar surface area (TPSA) is 82.3 Å².